The summed E-state index contributed by atoms with van der Waals surface area (Å²) in [4.78, 5) is 2.22. The Bertz CT molecular complexity index is 640. The molecular weight excluding hydrogens is 326 g/mol. The maximum Gasteiger partial charge on any atom is 0.264 e. The van der Waals surface area contributed by atoms with Crippen LogP contribution in [0.4, 0.5) is 0 Å². The van der Waals surface area contributed by atoms with Gasteiger partial charge in [0.05, 0.1) is 18.0 Å². The normalized spacial score (nSPS) is 31.0. The van der Waals surface area contributed by atoms with E-state index in [2.05, 4.69) is 17.0 Å². The summed E-state index contributed by atoms with van der Waals surface area (Å²) >= 11 is 0. The van der Waals surface area contributed by atoms with Crippen molar-refractivity contribution in [2.24, 2.45) is 0 Å². The molecule has 24 heavy (non-hydrogen) atoms. The summed E-state index contributed by atoms with van der Waals surface area (Å²) in [7, 11) is -1.45. The summed E-state index contributed by atoms with van der Waals surface area (Å²) in [5, 5.41) is 0. The molecule has 3 rings (SSSR count). The van der Waals surface area contributed by atoms with Crippen LogP contribution in [0.25, 0.3) is 0 Å². The fraction of sp³-hybridized carbons (Fsp3) is 0.667. The average molecular weight is 353 g/mol. The fourth-order valence-electron chi connectivity index (χ4n) is 4.13. The molecule has 0 radical (unpaired) electrons. The van der Waals surface area contributed by atoms with E-state index in [0.29, 0.717) is 6.42 Å². The number of hydrogen-bond donors (Lipinski definition) is 0. The third-order valence-corrected chi connectivity index (χ3v) is 5.82. The highest BCUT2D eigenvalue weighted by Gasteiger charge is 2.46. The summed E-state index contributed by atoms with van der Waals surface area (Å²) in [5.74, 6) is 0. The zero-order valence-electron chi connectivity index (χ0n) is 14.5. The van der Waals surface area contributed by atoms with Crippen LogP contribution in [0.3, 0.4) is 0 Å². The first-order valence-electron chi connectivity index (χ1n) is 8.63. The quantitative estimate of drug-likeness (QED) is 0.762. The van der Waals surface area contributed by atoms with Gasteiger partial charge in [-0.25, -0.2) is 0 Å². The van der Waals surface area contributed by atoms with E-state index in [9.17, 15) is 8.42 Å². The molecule has 1 spiro atoms. The molecule has 1 saturated carbocycles. The van der Waals surface area contributed by atoms with Gasteiger partial charge in [-0.3, -0.25) is 9.08 Å². The minimum atomic E-state index is -3.49. The van der Waals surface area contributed by atoms with Gasteiger partial charge in [0.1, 0.15) is 0 Å². The highest BCUT2D eigenvalue weighted by Crippen LogP contribution is 2.42. The first-order valence-corrected chi connectivity index (χ1v) is 10.4. The third-order valence-electron chi connectivity index (χ3n) is 5.22. The summed E-state index contributed by atoms with van der Waals surface area (Å²) < 4.78 is 35.0. The van der Waals surface area contributed by atoms with Crippen LogP contribution >= 0.6 is 0 Å². The first-order chi connectivity index (χ1) is 11.4. The molecule has 3 unspecified atom stereocenters. The van der Waals surface area contributed by atoms with Gasteiger partial charge in [-0.1, -0.05) is 30.3 Å². The molecule has 0 N–H and O–H groups in total. The van der Waals surface area contributed by atoms with Crippen molar-refractivity contribution in [3.8, 4) is 0 Å². The summed E-state index contributed by atoms with van der Waals surface area (Å²) in [6.45, 7) is 1.55. The number of hydrogen-bond acceptors (Lipinski definition) is 5. The summed E-state index contributed by atoms with van der Waals surface area (Å²) in [6, 6.07) is 10.3. The van der Waals surface area contributed by atoms with Crippen LogP contribution in [0.15, 0.2) is 30.3 Å². The molecule has 1 heterocycles. The lowest BCUT2D eigenvalue weighted by Gasteiger charge is -2.44. The molecule has 6 heteroatoms. The molecule has 1 saturated heterocycles. The largest absolute Gasteiger partial charge is 0.375 e. The van der Waals surface area contributed by atoms with E-state index in [1.165, 1.54) is 5.56 Å². The van der Waals surface area contributed by atoms with Crippen molar-refractivity contribution >= 4 is 10.1 Å². The minimum absolute atomic E-state index is 0.0785. The van der Waals surface area contributed by atoms with Crippen molar-refractivity contribution in [2.45, 2.75) is 56.4 Å². The second kappa shape index (κ2) is 7.12. The van der Waals surface area contributed by atoms with Crippen molar-refractivity contribution in [3.05, 3.63) is 35.9 Å². The molecule has 1 aliphatic heterocycles. The van der Waals surface area contributed by atoms with Crippen LogP contribution in [-0.4, -0.2) is 51.0 Å². The second-order valence-electron chi connectivity index (χ2n) is 7.18. The van der Waals surface area contributed by atoms with Crippen LogP contribution in [0.5, 0.6) is 0 Å². The lowest BCUT2D eigenvalue weighted by Crippen LogP contribution is -2.52. The Hall–Kier alpha value is -0.950. The number of benzene rings is 1. The molecule has 1 aromatic rings. The summed E-state index contributed by atoms with van der Waals surface area (Å²) in [6.07, 6.45) is 5.37. The Morgan fingerprint density at radius 2 is 2.04 bits per heavy atom. The van der Waals surface area contributed by atoms with Crippen molar-refractivity contribution in [3.63, 3.8) is 0 Å². The van der Waals surface area contributed by atoms with Gasteiger partial charge < -0.3 is 4.74 Å². The number of likely N-dealkylation sites (N-methyl/N-ethyl adjacent to an activating group) is 1. The van der Waals surface area contributed by atoms with Gasteiger partial charge in [-0.15, -0.1) is 0 Å². The SMILES string of the molecule is CN(Cc1ccccc1)C1CCC2(CCCO2)CC1OS(C)(=O)=O. The standard InChI is InChI=1S/C18H27NO4S/c1-19(14-15-7-4-3-5-8-15)16-9-11-18(10-6-12-22-18)13-17(16)23-24(2,20)21/h3-5,7-8,16-17H,6,9-14H2,1-2H3. The monoisotopic (exact) mass is 353 g/mol. The van der Waals surface area contributed by atoms with Crippen molar-refractivity contribution in [2.75, 3.05) is 19.9 Å². The Kier molecular flexibility index (Phi) is 5.30. The van der Waals surface area contributed by atoms with E-state index < -0.39 is 10.1 Å². The maximum absolute atomic E-state index is 11.7. The van der Waals surface area contributed by atoms with Crippen LogP contribution in [0.1, 0.15) is 37.7 Å². The minimum Gasteiger partial charge on any atom is -0.375 e. The predicted octanol–water partition coefficient (Wildman–Crippen LogP) is 2.56. The van der Waals surface area contributed by atoms with Gasteiger partial charge in [0.15, 0.2) is 0 Å². The first kappa shape index (κ1) is 17.9. The van der Waals surface area contributed by atoms with Gasteiger partial charge >= 0.3 is 0 Å². The molecular formula is C18H27NO4S. The molecule has 134 valence electrons. The van der Waals surface area contributed by atoms with E-state index in [-0.39, 0.29) is 17.7 Å². The fourth-order valence-corrected chi connectivity index (χ4v) is 4.78. The Morgan fingerprint density at radius 1 is 1.29 bits per heavy atom. The van der Waals surface area contributed by atoms with Crippen LogP contribution < -0.4 is 0 Å². The van der Waals surface area contributed by atoms with Crippen LogP contribution in [0.2, 0.25) is 0 Å². The molecule has 1 aromatic carbocycles. The molecule has 0 amide bonds. The van der Waals surface area contributed by atoms with Gasteiger partial charge in [0.2, 0.25) is 0 Å². The molecule has 0 bridgehead atoms. The van der Waals surface area contributed by atoms with E-state index >= 15 is 0 Å². The van der Waals surface area contributed by atoms with E-state index in [0.717, 1.165) is 45.1 Å². The number of nitrogens with zero attached hydrogens (tertiary/aromatic N) is 1. The second-order valence-corrected chi connectivity index (χ2v) is 8.79. The highest BCUT2D eigenvalue weighted by atomic mass is 32.2. The zero-order chi connectivity index (χ0) is 17.2. The van der Waals surface area contributed by atoms with E-state index in [1.54, 1.807) is 0 Å². The Balaban J connectivity index is 1.74. The van der Waals surface area contributed by atoms with Crippen molar-refractivity contribution < 1.29 is 17.3 Å². The lowest BCUT2D eigenvalue weighted by molar-refractivity contribution is -0.0825. The van der Waals surface area contributed by atoms with E-state index in [4.69, 9.17) is 8.92 Å². The van der Waals surface area contributed by atoms with Gasteiger partial charge in [0, 0.05) is 25.6 Å². The smallest absolute Gasteiger partial charge is 0.264 e. The van der Waals surface area contributed by atoms with Crippen LogP contribution in [0, 0.1) is 0 Å². The number of rotatable bonds is 5. The van der Waals surface area contributed by atoms with Gasteiger partial charge in [0.25, 0.3) is 10.1 Å². The Labute approximate surface area is 145 Å². The maximum atomic E-state index is 11.7. The van der Waals surface area contributed by atoms with Gasteiger partial charge in [-0.05, 0) is 38.3 Å². The zero-order valence-corrected chi connectivity index (χ0v) is 15.3. The predicted molar refractivity (Wildman–Crippen MR) is 93.2 cm³/mol. The number of ether oxygens (including phenoxy) is 1. The topological polar surface area (TPSA) is 55.8 Å². The highest BCUT2D eigenvalue weighted by molar-refractivity contribution is 7.86. The van der Waals surface area contributed by atoms with Crippen molar-refractivity contribution in [1.29, 1.82) is 0 Å². The molecule has 0 aromatic heterocycles. The average Bonchev–Trinajstić information content (AvgIpc) is 2.94. The van der Waals surface area contributed by atoms with Crippen molar-refractivity contribution in [1.82, 2.24) is 4.90 Å². The van der Waals surface area contributed by atoms with E-state index in [1.807, 2.05) is 25.2 Å². The molecule has 3 atom stereocenters. The molecule has 2 fully saturated rings. The lowest BCUT2D eigenvalue weighted by atomic mass is 9.78. The summed E-state index contributed by atoms with van der Waals surface area (Å²) in [5.41, 5.74) is 1.04. The third kappa shape index (κ3) is 4.36. The molecule has 2 aliphatic rings. The molecule has 5 nitrogen and oxygen atoms in total. The van der Waals surface area contributed by atoms with Gasteiger partial charge in [-0.2, -0.15) is 8.42 Å². The molecule has 1 aliphatic carbocycles. The Morgan fingerprint density at radius 3 is 2.67 bits per heavy atom. The van der Waals surface area contributed by atoms with Crippen LogP contribution in [-0.2, 0) is 25.6 Å².